The summed E-state index contributed by atoms with van der Waals surface area (Å²) in [5.74, 6) is 1.30. The van der Waals surface area contributed by atoms with Crippen molar-refractivity contribution in [3.63, 3.8) is 0 Å². The molecular weight excluding hydrogens is 244 g/mol. The molecule has 1 saturated carbocycles. The summed E-state index contributed by atoms with van der Waals surface area (Å²) in [5.41, 5.74) is 1.40. The van der Waals surface area contributed by atoms with Gasteiger partial charge < -0.3 is 14.2 Å². The Bertz CT molecular complexity index is 562. The number of hydrogen-bond acceptors (Lipinski definition) is 4. The van der Waals surface area contributed by atoms with Crippen LogP contribution in [0.5, 0.6) is 11.5 Å². The number of esters is 1. The fraction of sp³-hybridized carbons (Fsp3) is 0.533. The second kappa shape index (κ2) is 3.65. The SMILES string of the molecule is COC(=O)C1(c2cc3c(cc2C)OCO3)CC1(C)C. The van der Waals surface area contributed by atoms with E-state index in [4.69, 9.17) is 14.2 Å². The lowest BCUT2D eigenvalue weighted by atomic mass is 9.85. The van der Waals surface area contributed by atoms with E-state index >= 15 is 0 Å². The quantitative estimate of drug-likeness (QED) is 0.768. The molecule has 1 unspecified atom stereocenters. The Hall–Kier alpha value is -1.71. The first kappa shape index (κ1) is 12.3. The van der Waals surface area contributed by atoms with Crippen molar-refractivity contribution in [2.45, 2.75) is 32.6 Å². The molecule has 1 aromatic rings. The molecule has 0 amide bonds. The molecule has 1 aliphatic heterocycles. The van der Waals surface area contributed by atoms with Gasteiger partial charge in [-0.25, -0.2) is 0 Å². The monoisotopic (exact) mass is 262 g/mol. The Labute approximate surface area is 112 Å². The van der Waals surface area contributed by atoms with Gasteiger partial charge in [0.1, 0.15) is 0 Å². The summed E-state index contributed by atoms with van der Waals surface area (Å²) in [6.07, 6.45) is 0.799. The van der Waals surface area contributed by atoms with Gasteiger partial charge in [-0.15, -0.1) is 0 Å². The van der Waals surface area contributed by atoms with Gasteiger partial charge in [-0.3, -0.25) is 4.79 Å². The molecule has 1 aliphatic carbocycles. The van der Waals surface area contributed by atoms with Crippen molar-refractivity contribution in [3.8, 4) is 11.5 Å². The highest BCUT2D eigenvalue weighted by Gasteiger charge is 2.68. The van der Waals surface area contributed by atoms with E-state index in [0.717, 1.165) is 23.3 Å². The lowest BCUT2D eigenvalue weighted by Crippen LogP contribution is -2.28. The largest absolute Gasteiger partial charge is 0.468 e. The third-order valence-corrected chi connectivity index (χ3v) is 4.45. The van der Waals surface area contributed by atoms with Crippen molar-refractivity contribution in [3.05, 3.63) is 23.3 Å². The first-order chi connectivity index (χ1) is 8.92. The molecule has 3 rings (SSSR count). The summed E-state index contributed by atoms with van der Waals surface area (Å²) in [4.78, 5) is 12.3. The van der Waals surface area contributed by atoms with Crippen LogP contribution in [0.3, 0.4) is 0 Å². The Morgan fingerprint density at radius 3 is 2.37 bits per heavy atom. The van der Waals surface area contributed by atoms with E-state index in [-0.39, 0.29) is 18.2 Å². The maximum atomic E-state index is 12.3. The molecule has 0 aromatic heterocycles. The van der Waals surface area contributed by atoms with Crippen LogP contribution < -0.4 is 9.47 Å². The van der Waals surface area contributed by atoms with Crippen molar-refractivity contribution < 1.29 is 19.0 Å². The molecule has 0 spiro atoms. The Kier molecular flexibility index (Phi) is 2.37. The number of carbonyl (C=O) groups is 1. The summed E-state index contributed by atoms with van der Waals surface area (Å²) in [7, 11) is 1.45. The maximum absolute atomic E-state index is 12.3. The second-order valence-corrected chi connectivity index (χ2v) is 5.98. The predicted octanol–water partition coefficient (Wildman–Crippen LogP) is 2.56. The second-order valence-electron chi connectivity index (χ2n) is 5.98. The molecule has 19 heavy (non-hydrogen) atoms. The number of aryl methyl sites for hydroxylation is 1. The molecule has 0 N–H and O–H groups in total. The molecule has 1 aromatic carbocycles. The summed E-state index contributed by atoms with van der Waals surface area (Å²) < 4.78 is 15.8. The zero-order chi connectivity index (χ0) is 13.8. The zero-order valence-electron chi connectivity index (χ0n) is 11.7. The van der Waals surface area contributed by atoms with Crippen molar-refractivity contribution in [1.29, 1.82) is 0 Å². The van der Waals surface area contributed by atoms with E-state index in [2.05, 4.69) is 13.8 Å². The van der Waals surface area contributed by atoms with E-state index < -0.39 is 5.41 Å². The zero-order valence-corrected chi connectivity index (χ0v) is 11.7. The Balaban J connectivity index is 2.13. The van der Waals surface area contributed by atoms with E-state index in [1.807, 2.05) is 19.1 Å². The van der Waals surface area contributed by atoms with Crippen molar-refractivity contribution in [2.75, 3.05) is 13.9 Å². The number of fused-ring (bicyclic) bond motifs is 1. The van der Waals surface area contributed by atoms with Crippen LogP contribution in [0.4, 0.5) is 0 Å². The fourth-order valence-corrected chi connectivity index (χ4v) is 3.21. The molecule has 1 heterocycles. The molecule has 1 fully saturated rings. The van der Waals surface area contributed by atoms with Gasteiger partial charge in [-0.05, 0) is 42.0 Å². The summed E-state index contributed by atoms with van der Waals surface area (Å²) in [6, 6.07) is 3.88. The molecule has 0 bridgehead atoms. The van der Waals surface area contributed by atoms with E-state index in [9.17, 15) is 4.79 Å². The number of hydrogen-bond donors (Lipinski definition) is 0. The number of carbonyl (C=O) groups excluding carboxylic acids is 1. The molecule has 4 heteroatoms. The molecule has 0 saturated heterocycles. The average Bonchev–Trinajstić information content (AvgIpc) is 2.73. The lowest BCUT2D eigenvalue weighted by molar-refractivity contribution is -0.144. The van der Waals surface area contributed by atoms with Gasteiger partial charge in [0, 0.05) is 0 Å². The van der Waals surface area contributed by atoms with Crippen LogP contribution >= 0.6 is 0 Å². The lowest BCUT2D eigenvalue weighted by Gasteiger charge is -2.21. The molecule has 4 nitrogen and oxygen atoms in total. The van der Waals surface area contributed by atoms with Crippen LogP contribution in [-0.4, -0.2) is 19.9 Å². The number of methoxy groups -OCH3 is 1. The molecular formula is C15H18O4. The highest BCUT2D eigenvalue weighted by molar-refractivity contribution is 5.89. The summed E-state index contributed by atoms with van der Waals surface area (Å²) in [6.45, 7) is 6.42. The fourth-order valence-electron chi connectivity index (χ4n) is 3.21. The summed E-state index contributed by atoms with van der Waals surface area (Å²) in [5, 5.41) is 0. The van der Waals surface area contributed by atoms with Crippen LogP contribution in [0, 0.1) is 12.3 Å². The van der Waals surface area contributed by atoms with Crippen LogP contribution in [0.1, 0.15) is 31.4 Å². The Morgan fingerprint density at radius 2 is 1.84 bits per heavy atom. The third-order valence-electron chi connectivity index (χ3n) is 4.45. The van der Waals surface area contributed by atoms with E-state index in [1.54, 1.807) is 0 Å². The van der Waals surface area contributed by atoms with Gasteiger partial charge in [0.2, 0.25) is 6.79 Å². The molecule has 102 valence electrons. The van der Waals surface area contributed by atoms with Crippen molar-refractivity contribution >= 4 is 5.97 Å². The first-order valence-electron chi connectivity index (χ1n) is 6.41. The number of ether oxygens (including phenoxy) is 3. The third kappa shape index (κ3) is 1.49. The van der Waals surface area contributed by atoms with Crippen molar-refractivity contribution in [1.82, 2.24) is 0 Å². The van der Waals surface area contributed by atoms with Crippen LogP contribution in [0.15, 0.2) is 12.1 Å². The number of rotatable bonds is 2. The van der Waals surface area contributed by atoms with Gasteiger partial charge in [0.05, 0.1) is 12.5 Å². The van der Waals surface area contributed by atoms with Gasteiger partial charge in [-0.1, -0.05) is 13.8 Å². The van der Waals surface area contributed by atoms with Gasteiger partial charge in [-0.2, -0.15) is 0 Å². The van der Waals surface area contributed by atoms with Gasteiger partial charge in [0.15, 0.2) is 11.5 Å². The minimum atomic E-state index is -0.549. The highest BCUT2D eigenvalue weighted by Crippen LogP contribution is 2.66. The summed E-state index contributed by atoms with van der Waals surface area (Å²) >= 11 is 0. The topological polar surface area (TPSA) is 44.8 Å². The molecule has 1 atom stereocenters. The van der Waals surface area contributed by atoms with Crippen LogP contribution in [-0.2, 0) is 14.9 Å². The Morgan fingerprint density at radius 1 is 1.26 bits per heavy atom. The maximum Gasteiger partial charge on any atom is 0.316 e. The normalized spacial score (nSPS) is 26.1. The minimum absolute atomic E-state index is 0.0848. The molecule has 2 aliphatic rings. The van der Waals surface area contributed by atoms with Gasteiger partial charge >= 0.3 is 5.97 Å². The van der Waals surface area contributed by atoms with E-state index in [0.29, 0.717) is 5.75 Å². The van der Waals surface area contributed by atoms with E-state index in [1.165, 1.54) is 7.11 Å². The highest BCUT2D eigenvalue weighted by atomic mass is 16.7. The number of benzene rings is 1. The minimum Gasteiger partial charge on any atom is -0.468 e. The average molecular weight is 262 g/mol. The predicted molar refractivity (Wildman–Crippen MR) is 69.4 cm³/mol. The first-order valence-corrected chi connectivity index (χ1v) is 6.41. The molecule has 0 radical (unpaired) electrons. The smallest absolute Gasteiger partial charge is 0.316 e. The van der Waals surface area contributed by atoms with Crippen molar-refractivity contribution in [2.24, 2.45) is 5.41 Å². The van der Waals surface area contributed by atoms with Crippen LogP contribution in [0.25, 0.3) is 0 Å². The van der Waals surface area contributed by atoms with Crippen LogP contribution in [0.2, 0.25) is 0 Å². The van der Waals surface area contributed by atoms with Gasteiger partial charge in [0.25, 0.3) is 0 Å². The standard InChI is InChI=1S/C15H18O4/c1-9-5-11-12(19-8-18-11)6-10(9)15(13(16)17-4)7-14(15,2)3/h5-6H,7-8H2,1-4H3.